The summed E-state index contributed by atoms with van der Waals surface area (Å²) in [5, 5.41) is 5.19. The molecular weight excluding hydrogens is 396 g/mol. The van der Waals surface area contributed by atoms with Crippen molar-refractivity contribution in [3.8, 4) is 28.4 Å². The predicted molar refractivity (Wildman–Crippen MR) is 119 cm³/mol. The van der Waals surface area contributed by atoms with Gasteiger partial charge in [-0.3, -0.25) is 4.79 Å². The molecule has 0 saturated carbocycles. The van der Waals surface area contributed by atoms with Crippen LogP contribution >= 0.6 is 0 Å². The Morgan fingerprint density at radius 3 is 2.26 bits per heavy atom. The van der Waals surface area contributed by atoms with Crippen molar-refractivity contribution in [1.82, 2.24) is 5.32 Å². The molecule has 2 N–H and O–H groups in total. The van der Waals surface area contributed by atoms with Gasteiger partial charge in [0.1, 0.15) is 29.4 Å². The molecule has 162 valence electrons. The van der Waals surface area contributed by atoms with E-state index < -0.39 is 11.7 Å². The minimum Gasteiger partial charge on any atom is -0.497 e. The minimum atomic E-state index is -0.641. The van der Waals surface area contributed by atoms with Crippen LogP contribution in [0.3, 0.4) is 0 Å². The molecule has 0 unspecified atom stereocenters. The molecule has 0 spiro atoms. The maximum atomic E-state index is 12.2. The number of hydrogen-bond donors (Lipinski definition) is 2. The molecule has 0 saturated heterocycles. The Morgan fingerprint density at radius 2 is 1.61 bits per heavy atom. The molecule has 0 fully saturated rings. The number of nitrogens with one attached hydrogen (secondary N) is 2. The third-order valence-corrected chi connectivity index (χ3v) is 4.20. The normalized spacial score (nSPS) is 11.0. The number of ether oxygens (including phenoxy) is 2. The highest BCUT2D eigenvalue weighted by Gasteiger charge is 2.16. The van der Waals surface area contributed by atoms with Gasteiger partial charge in [0.15, 0.2) is 0 Å². The van der Waals surface area contributed by atoms with E-state index in [4.69, 9.17) is 13.9 Å². The van der Waals surface area contributed by atoms with Crippen LogP contribution in [0.15, 0.2) is 65.1 Å². The molecule has 1 heterocycles. The van der Waals surface area contributed by atoms with Crippen LogP contribution in [-0.4, -0.2) is 31.3 Å². The first-order chi connectivity index (χ1) is 14.7. The number of carbonyl (C=O) groups excluding carboxylic acids is 2. The van der Waals surface area contributed by atoms with E-state index in [1.807, 2.05) is 54.6 Å². The van der Waals surface area contributed by atoms with Crippen molar-refractivity contribution in [3.05, 3.63) is 60.7 Å². The van der Waals surface area contributed by atoms with Crippen LogP contribution < -0.4 is 15.4 Å². The molecule has 1 aromatic heterocycles. The number of amides is 2. The van der Waals surface area contributed by atoms with Gasteiger partial charge in [-0.25, -0.2) is 4.79 Å². The second kappa shape index (κ2) is 9.38. The van der Waals surface area contributed by atoms with Crippen molar-refractivity contribution >= 4 is 17.7 Å². The molecule has 2 aromatic carbocycles. The second-order valence-corrected chi connectivity index (χ2v) is 7.88. The smallest absolute Gasteiger partial charge is 0.408 e. The Labute approximate surface area is 181 Å². The van der Waals surface area contributed by atoms with E-state index in [0.29, 0.717) is 11.4 Å². The van der Waals surface area contributed by atoms with Crippen LogP contribution in [0.2, 0.25) is 0 Å². The summed E-state index contributed by atoms with van der Waals surface area (Å²) >= 11 is 0. The van der Waals surface area contributed by atoms with E-state index in [-0.39, 0.29) is 12.5 Å². The SMILES string of the molecule is COc1ccc(-c2ccc(-c3cccc(NC(=O)CNC(=O)OC(C)(C)C)c3)o2)cc1. The molecule has 0 aliphatic heterocycles. The van der Waals surface area contributed by atoms with Crippen molar-refractivity contribution in [1.29, 1.82) is 0 Å². The summed E-state index contributed by atoms with van der Waals surface area (Å²) in [4.78, 5) is 23.8. The topological polar surface area (TPSA) is 89.8 Å². The Bertz CT molecular complexity index is 1050. The number of furan rings is 1. The van der Waals surface area contributed by atoms with Gasteiger partial charge < -0.3 is 24.5 Å². The first-order valence-electron chi connectivity index (χ1n) is 9.85. The summed E-state index contributed by atoms with van der Waals surface area (Å²) in [5.41, 5.74) is 1.72. The van der Waals surface area contributed by atoms with Gasteiger partial charge in [-0.15, -0.1) is 0 Å². The fraction of sp³-hybridized carbons (Fsp3) is 0.250. The number of anilines is 1. The van der Waals surface area contributed by atoms with Gasteiger partial charge in [0.25, 0.3) is 0 Å². The van der Waals surface area contributed by atoms with Crippen molar-refractivity contribution in [2.45, 2.75) is 26.4 Å². The van der Waals surface area contributed by atoms with E-state index in [1.165, 1.54) is 0 Å². The molecular formula is C24H26N2O5. The van der Waals surface area contributed by atoms with Crippen molar-refractivity contribution < 1.29 is 23.5 Å². The molecule has 0 bridgehead atoms. The zero-order valence-corrected chi connectivity index (χ0v) is 18.0. The van der Waals surface area contributed by atoms with Crippen molar-refractivity contribution in [2.75, 3.05) is 19.0 Å². The Morgan fingerprint density at radius 1 is 0.935 bits per heavy atom. The van der Waals surface area contributed by atoms with Gasteiger partial charge in [0.2, 0.25) is 5.91 Å². The van der Waals surface area contributed by atoms with E-state index in [1.54, 1.807) is 33.9 Å². The van der Waals surface area contributed by atoms with Crippen LogP contribution in [0.1, 0.15) is 20.8 Å². The summed E-state index contributed by atoms with van der Waals surface area (Å²) in [6.45, 7) is 5.08. The van der Waals surface area contributed by atoms with Gasteiger partial charge in [0.05, 0.1) is 7.11 Å². The summed E-state index contributed by atoms with van der Waals surface area (Å²) in [5.74, 6) is 1.82. The fourth-order valence-corrected chi connectivity index (χ4v) is 2.83. The molecule has 0 aliphatic rings. The average Bonchev–Trinajstić information content (AvgIpc) is 3.22. The van der Waals surface area contributed by atoms with Gasteiger partial charge in [-0.05, 0) is 69.3 Å². The van der Waals surface area contributed by atoms with Crippen molar-refractivity contribution in [2.24, 2.45) is 0 Å². The van der Waals surface area contributed by atoms with E-state index in [0.717, 1.165) is 22.6 Å². The largest absolute Gasteiger partial charge is 0.497 e. The lowest BCUT2D eigenvalue weighted by molar-refractivity contribution is -0.115. The highest BCUT2D eigenvalue weighted by molar-refractivity contribution is 5.94. The Kier molecular flexibility index (Phi) is 6.65. The van der Waals surface area contributed by atoms with E-state index >= 15 is 0 Å². The van der Waals surface area contributed by atoms with Gasteiger partial charge >= 0.3 is 6.09 Å². The molecule has 0 atom stereocenters. The molecule has 2 amide bonds. The minimum absolute atomic E-state index is 0.193. The maximum absolute atomic E-state index is 12.2. The molecule has 7 nitrogen and oxygen atoms in total. The molecule has 3 rings (SSSR count). The summed E-state index contributed by atoms with van der Waals surface area (Å²) in [6, 6.07) is 18.7. The van der Waals surface area contributed by atoms with E-state index in [2.05, 4.69) is 10.6 Å². The predicted octanol–water partition coefficient (Wildman–Crippen LogP) is 5.09. The number of carbonyl (C=O) groups is 2. The highest BCUT2D eigenvalue weighted by Crippen LogP contribution is 2.30. The van der Waals surface area contributed by atoms with Crippen LogP contribution in [0.25, 0.3) is 22.6 Å². The number of rotatable bonds is 6. The Balaban J connectivity index is 1.63. The lowest BCUT2D eigenvalue weighted by Crippen LogP contribution is -2.37. The van der Waals surface area contributed by atoms with Crippen LogP contribution in [-0.2, 0) is 9.53 Å². The lowest BCUT2D eigenvalue weighted by atomic mass is 10.1. The summed E-state index contributed by atoms with van der Waals surface area (Å²) in [7, 11) is 1.62. The first-order valence-corrected chi connectivity index (χ1v) is 9.85. The molecule has 31 heavy (non-hydrogen) atoms. The first kappa shape index (κ1) is 22.0. The molecule has 3 aromatic rings. The molecule has 0 radical (unpaired) electrons. The number of methoxy groups -OCH3 is 1. The fourth-order valence-electron chi connectivity index (χ4n) is 2.83. The molecule has 7 heteroatoms. The zero-order valence-electron chi connectivity index (χ0n) is 18.0. The van der Waals surface area contributed by atoms with Gasteiger partial charge in [0, 0.05) is 16.8 Å². The van der Waals surface area contributed by atoms with E-state index in [9.17, 15) is 9.59 Å². The number of alkyl carbamates (subject to hydrolysis) is 1. The van der Waals surface area contributed by atoms with Crippen LogP contribution in [0, 0.1) is 0 Å². The van der Waals surface area contributed by atoms with Crippen molar-refractivity contribution in [3.63, 3.8) is 0 Å². The zero-order chi connectivity index (χ0) is 22.4. The standard InChI is InChI=1S/C24H26N2O5/c1-24(2,3)31-23(28)25-15-22(27)26-18-7-5-6-17(14-18)21-13-12-20(30-21)16-8-10-19(29-4)11-9-16/h5-14H,15H2,1-4H3,(H,25,28)(H,26,27). The quantitative estimate of drug-likeness (QED) is 0.578. The van der Waals surface area contributed by atoms with Crippen LogP contribution in [0.4, 0.5) is 10.5 Å². The summed E-state index contributed by atoms with van der Waals surface area (Å²) in [6.07, 6.45) is -0.641. The highest BCUT2D eigenvalue weighted by atomic mass is 16.6. The lowest BCUT2D eigenvalue weighted by Gasteiger charge is -2.19. The third-order valence-electron chi connectivity index (χ3n) is 4.20. The van der Waals surface area contributed by atoms with Gasteiger partial charge in [-0.1, -0.05) is 12.1 Å². The van der Waals surface area contributed by atoms with Gasteiger partial charge in [-0.2, -0.15) is 0 Å². The molecule has 0 aliphatic carbocycles. The monoisotopic (exact) mass is 422 g/mol. The van der Waals surface area contributed by atoms with Crippen LogP contribution in [0.5, 0.6) is 5.75 Å². The second-order valence-electron chi connectivity index (χ2n) is 7.88. The number of hydrogen-bond acceptors (Lipinski definition) is 5. The summed E-state index contributed by atoms with van der Waals surface area (Å²) < 4.78 is 16.3. The number of benzene rings is 2. The average molecular weight is 422 g/mol. The third kappa shape index (κ3) is 6.37. The Hall–Kier alpha value is -3.74. The maximum Gasteiger partial charge on any atom is 0.408 e.